The summed E-state index contributed by atoms with van der Waals surface area (Å²) in [6, 6.07) is 3.98. The molecule has 4 nitrogen and oxygen atoms in total. The third-order valence-corrected chi connectivity index (χ3v) is 2.25. The Morgan fingerprint density at radius 3 is 2.75 bits per heavy atom. The second-order valence-electron chi connectivity index (χ2n) is 3.41. The van der Waals surface area contributed by atoms with Crippen molar-refractivity contribution >= 4 is 5.97 Å². The molecule has 1 aliphatic heterocycles. The van der Waals surface area contributed by atoms with E-state index in [-0.39, 0.29) is 17.4 Å². The molecule has 1 aliphatic rings. The zero-order valence-corrected chi connectivity index (χ0v) is 8.73. The quantitative estimate of drug-likeness (QED) is 0.730. The van der Waals surface area contributed by atoms with E-state index in [0.29, 0.717) is 13.2 Å². The largest absolute Gasteiger partial charge is 0.483 e. The van der Waals surface area contributed by atoms with E-state index in [1.165, 1.54) is 19.2 Å². The summed E-state index contributed by atoms with van der Waals surface area (Å²) in [6.45, 7) is 0.941. The zero-order valence-electron chi connectivity index (χ0n) is 8.73. The molecule has 1 heterocycles. The molecule has 1 saturated heterocycles. The van der Waals surface area contributed by atoms with Gasteiger partial charge < -0.3 is 14.2 Å². The van der Waals surface area contributed by atoms with Crippen molar-refractivity contribution in [2.24, 2.45) is 0 Å². The zero-order chi connectivity index (χ0) is 11.5. The second-order valence-corrected chi connectivity index (χ2v) is 3.41. The monoisotopic (exact) mass is 226 g/mol. The standard InChI is InChI=1S/C11H11FO4/c1-14-11(13)7-2-3-10(9(12)4-7)16-8-5-15-6-8/h2-4,8H,5-6H2,1H3. The van der Waals surface area contributed by atoms with Crippen LogP contribution in [-0.2, 0) is 9.47 Å². The lowest BCUT2D eigenvalue weighted by molar-refractivity contribution is -0.0808. The van der Waals surface area contributed by atoms with Crippen molar-refractivity contribution < 1.29 is 23.4 Å². The SMILES string of the molecule is COC(=O)c1ccc(OC2COC2)c(F)c1. The molecule has 0 amide bonds. The van der Waals surface area contributed by atoms with Gasteiger partial charge in [0.15, 0.2) is 11.6 Å². The molecule has 1 fully saturated rings. The fourth-order valence-corrected chi connectivity index (χ4v) is 1.30. The molecular formula is C11H11FO4. The van der Waals surface area contributed by atoms with Gasteiger partial charge in [-0.05, 0) is 18.2 Å². The van der Waals surface area contributed by atoms with E-state index in [1.807, 2.05) is 0 Å². The predicted octanol–water partition coefficient (Wildman–Crippen LogP) is 1.39. The summed E-state index contributed by atoms with van der Waals surface area (Å²) < 4.78 is 28.2. The molecule has 0 unspecified atom stereocenters. The van der Waals surface area contributed by atoms with Gasteiger partial charge in [-0.15, -0.1) is 0 Å². The molecule has 16 heavy (non-hydrogen) atoms. The van der Waals surface area contributed by atoms with Gasteiger partial charge in [0.05, 0.1) is 25.9 Å². The highest BCUT2D eigenvalue weighted by atomic mass is 19.1. The average molecular weight is 226 g/mol. The number of methoxy groups -OCH3 is 1. The van der Waals surface area contributed by atoms with E-state index in [9.17, 15) is 9.18 Å². The highest BCUT2D eigenvalue weighted by molar-refractivity contribution is 5.89. The number of halogens is 1. The lowest BCUT2D eigenvalue weighted by Crippen LogP contribution is -2.38. The van der Waals surface area contributed by atoms with E-state index < -0.39 is 11.8 Å². The molecule has 0 saturated carbocycles. The molecule has 1 aromatic rings. The first-order valence-corrected chi connectivity index (χ1v) is 4.83. The molecule has 0 aromatic heterocycles. The summed E-state index contributed by atoms with van der Waals surface area (Å²) in [6.07, 6.45) is -0.0986. The van der Waals surface area contributed by atoms with Gasteiger partial charge in [-0.25, -0.2) is 9.18 Å². The number of hydrogen-bond acceptors (Lipinski definition) is 4. The van der Waals surface area contributed by atoms with Crippen LogP contribution in [0.1, 0.15) is 10.4 Å². The Labute approximate surface area is 91.9 Å². The molecule has 0 radical (unpaired) electrons. The Morgan fingerprint density at radius 1 is 1.50 bits per heavy atom. The number of esters is 1. The van der Waals surface area contributed by atoms with Gasteiger partial charge in [0, 0.05) is 0 Å². The maximum Gasteiger partial charge on any atom is 0.337 e. The molecule has 86 valence electrons. The first-order valence-electron chi connectivity index (χ1n) is 4.83. The Hall–Kier alpha value is -1.62. The fourth-order valence-electron chi connectivity index (χ4n) is 1.30. The van der Waals surface area contributed by atoms with Gasteiger partial charge in [-0.3, -0.25) is 0 Å². The molecule has 5 heteroatoms. The minimum atomic E-state index is -0.574. The molecule has 0 aliphatic carbocycles. The van der Waals surface area contributed by atoms with Crippen LogP contribution in [0.5, 0.6) is 5.75 Å². The molecular weight excluding hydrogens is 215 g/mol. The van der Waals surface area contributed by atoms with Gasteiger partial charge in [0.25, 0.3) is 0 Å². The van der Waals surface area contributed by atoms with Crippen LogP contribution in [0.15, 0.2) is 18.2 Å². The Balaban J connectivity index is 2.12. The van der Waals surface area contributed by atoms with Crippen molar-refractivity contribution in [3.8, 4) is 5.75 Å². The molecule has 2 rings (SSSR count). The minimum Gasteiger partial charge on any atom is -0.483 e. The highest BCUT2D eigenvalue weighted by Gasteiger charge is 2.22. The third-order valence-electron chi connectivity index (χ3n) is 2.25. The van der Waals surface area contributed by atoms with Crippen molar-refractivity contribution in [2.45, 2.75) is 6.10 Å². The first kappa shape index (κ1) is 10.9. The molecule has 0 spiro atoms. The van der Waals surface area contributed by atoms with Crippen molar-refractivity contribution in [1.29, 1.82) is 0 Å². The van der Waals surface area contributed by atoms with E-state index in [2.05, 4.69) is 4.74 Å². The van der Waals surface area contributed by atoms with Crippen LogP contribution in [0.25, 0.3) is 0 Å². The van der Waals surface area contributed by atoms with E-state index in [4.69, 9.17) is 9.47 Å². The third kappa shape index (κ3) is 2.14. The van der Waals surface area contributed by atoms with E-state index in [0.717, 1.165) is 6.07 Å². The maximum atomic E-state index is 13.5. The van der Waals surface area contributed by atoms with Crippen LogP contribution in [-0.4, -0.2) is 32.4 Å². The number of ether oxygens (including phenoxy) is 3. The second kappa shape index (κ2) is 4.49. The summed E-state index contributed by atoms with van der Waals surface area (Å²) in [5, 5.41) is 0. The normalized spacial score (nSPS) is 15.4. The van der Waals surface area contributed by atoms with Crippen molar-refractivity contribution in [3.63, 3.8) is 0 Å². The van der Waals surface area contributed by atoms with Gasteiger partial charge in [-0.1, -0.05) is 0 Å². The number of hydrogen-bond donors (Lipinski definition) is 0. The van der Waals surface area contributed by atoms with Crippen LogP contribution in [0.2, 0.25) is 0 Å². The molecule has 0 bridgehead atoms. The number of benzene rings is 1. The number of carbonyl (C=O) groups is 1. The van der Waals surface area contributed by atoms with Gasteiger partial charge in [0.1, 0.15) is 6.10 Å². The highest BCUT2D eigenvalue weighted by Crippen LogP contribution is 2.21. The summed E-state index contributed by atoms with van der Waals surface area (Å²) in [4.78, 5) is 11.1. The number of rotatable bonds is 3. The van der Waals surface area contributed by atoms with Gasteiger partial charge >= 0.3 is 5.97 Å². The average Bonchev–Trinajstić information content (AvgIpc) is 2.23. The molecule has 0 N–H and O–H groups in total. The van der Waals surface area contributed by atoms with E-state index in [1.54, 1.807) is 0 Å². The first-order chi connectivity index (χ1) is 7.70. The summed E-state index contributed by atoms with van der Waals surface area (Å²) >= 11 is 0. The summed E-state index contributed by atoms with van der Waals surface area (Å²) in [5.41, 5.74) is 0.164. The van der Waals surface area contributed by atoms with Crippen molar-refractivity contribution in [1.82, 2.24) is 0 Å². The number of carbonyl (C=O) groups excluding carboxylic acids is 1. The van der Waals surface area contributed by atoms with Crippen molar-refractivity contribution in [2.75, 3.05) is 20.3 Å². The van der Waals surface area contributed by atoms with Gasteiger partial charge in [0.2, 0.25) is 0 Å². The topological polar surface area (TPSA) is 44.8 Å². The Morgan fingerprint density at radius 2 is 2.25 bits per heavy atom. The fraction of sp³-hybridized carbons (Fsp3) is 0.364. The van der Waals surface area contributed by atoms with Crippen molar-refractivity contribution in [3.05, 3.63) is 29.6 Å². The lowest BCUT2D eigenvalue weighted by Gasteiger charge is -2.26. The maximum absolute atomic E-state index is 13.5. The lowest BCUT2D eigenvalue weighted by atomic mass is 10.2. The Bertz CT molecular complexity index is 401. The van der Waals surface area contributed by atoms with Crippen LogP contribution < -0.4 is 4.74 Å². The Kier molecular flexibility index (Phi) is 3.05. The molecule has 1 aromatic carbocycles. The minimum absolute atomic E-state index is 0.0986. The van der Waals surface area contributed by atoms with E-state index >= 15 is 0 Å². The smallest absolute Gasteiger partial charge is 0.337 e. The molecule has 0 atom stereocenters. The summed E-state index contributed by atoms with van der Waals surface area (Å²) in [7, 11) is 1.25. The van der Waals surface area contributed by atoms with Gasteiger partial charge in [-0.2, -0.15) is 0 Å². The summed E-state index contributed by atoms with van der Waals surface area (Å²) in [5.74, 6) is -1.02. The van der Waals surface area contributed by atoms with Crippen LogP contribution in [0.4, 0.5) is 4.39 Å². The van der Waals surface area contributed by atoms with Crippen LogP contribution in [0.3, 0.4) is 0 Å². The van der Waals surface area contributed by atoms with Crippen LogP contribution in [0, 0.1) is 5.82 Å². The van der Waals surface area contributed by atoms with Crippen LogP contribution >= 0.6 is 0 Å². The predicted molar refractivity (Wildman–Crippen MR) is 53.0 cm³/mol.